The summed E-state index contributed by atoms with van der Waals surface area (Å²) in [6.45, 7) is 2.26. The summed E-state index contributed by atoms with van der Waals surface area (Å²) in [6, 6.07) is 0. The van der Waals surface area contributed by atoms with Crippen LogP contribution in [-0.2, 0) is 0 Å². The highest BCUT2D eigenvalue weighted by Gasteiger charge is 2.29. The van der Waals surface area contributed by atoms with E-state index in [1.165, 1.54) is 6.42 Å². The Morgan fingerprint density at radius 1 is 1.71 bits per heavy atom. The highest BCUT2D eigenvalue weighted by Crippen LogP contribution is 2.35. The standard InChI is InChI=1S/C6H11N/c1-5-3-6(5)4-7-2/h4-6H,3H2,1-2H3/t5-,6-/m0/s1. The van der Waals surface area contributed by atoms with Crippen molar-refractivity contribution in [2.24, 2.45) is 16.8 Å². The van der Waals surface area contributed by atoms with E-state index in [0.717, 1.165) is 11.8 Å². The van der Waals surface area contributed by atoms with Gasteiger partial charge in [-0.1, -0.05) is 6.92 Å². The molecule has 7 heavy (non-hydrogen) atoms. The van der Waals surface area contributed by atoms with Crippen LogP contribution in [-0.4, -0.2) is 13.3 Å². The molecule has 0 unspecified atom stereocenters. The number of nitrogens with zero attached hydrogens (tertiary/aromatic N) is 1. The maximum absolute atomic E-state index is 3.92. The molecule has 0 saturated heterocycles. The molecule has 1 nitrogen and oxygen atoms in total. The van der Waals surface area contributed by atoms with Crippen molar-refractivity contribution in [3.8, 4) is 0 Å². The van der Waals surface area contributed by atoms with Gasteiger partial charge in [-0.05, 0) is 18.3 Å². The molecule has 1 aliphatic rings. The van der Waals surface area contributed by atoms with Gasteiger partial charge in [-0.25, -0.2) is 0 Å². The van der Waals surface area contributed by atoms with Gasteiger partial charge in [0.2, 0.25) is 0 Å². The summed E-state index contributed by atoms with van der Waals surface area (Å²) in [4.78, 5) is 3.92. The summed E-state index contributed by atoms with van der Waals surface area (Å²) < 4.78 is 0. The molecule has 0 N–H and O–H groups in total. The molecule has 0 aliphatic heterocycles. The predicted octanol–water partition coefficient (Wildman–Crippen LogP) is 1.34. The molecule has 0 radical (unpaired) electrons. The molecule has 0 heterocycles. The Morgan fingerprint density at radius 2 is 2.29 bits per heavy atom. The van der Waals surface area contributed by atoms with E-state index in [1.807, 2.05) is 13.3 Å². The van der Waals surface area contributed by atoms with E-state index in [1.54, 1.807) is 0 Å². The van der Waals surface area contributed by atoms with Crippen molar-refractivity contribution in [2.75, 3.05) is 7.05 Å². The van der Waals surface area contributed by atoms with Crippen molar-refractivity contribution < 1.29 is 0 Å². The van der Waals surface area contributed by atoms with Crippen molar-refractivity contribution in [1.82, 2.24) is 0 Å². The first-order chi connectivity index (χ1) is 3.34. The fourth-order valence-corrected chi connectivity index (χ4v) is 0.750. The van der Waals surface area contributed by atoms with Crippen LogP contribution in [0.2, 0.25) is 0 Å². The molecule has 1 fully saturated rings. The fourth-order valence-electron chi connectivity index (χ4n) is 0.750. The highest BCUT2D eigenvalue weighted by molar-refractivity contribution is 5.64. The molecular formula is C6H11N. The van der Waals surface area contributed by atoms with Gasteiger partial charge in [0.05, 0.1) is 0 Å². The Kier molecular flexibility index (Phi) is 1.13. The normalized spacial score (nSPS) is 39.7. The van der Waals surface area contributed by atoms with Gasteiger partial charge in [-0.2, -0.15) is 0 Å². The summed E-state index contributed by atoms with van der Waals surface area (Å²) >= 11 is 0. The van der Waals surface area contributed by atoms with Crippen LogP contribution in [0.3, 0.4) is 0 Å². The Morgan fingerprint density at radius 3 is 2.43 bits per heavy atom. The molecule has 1 heteroatoms. The van der Waals surface area contributed by atoms with Gasteiger partial charge >= 0.3 is 0 Å². The summed E-state index contributed by atoms with van der Waals surface area (Å²) in [5, 5.41) is 0. The molecule has 40 valence electrons. The zero-order valence-corrected chi connectivity index (χ0v) is 4.89. The van der Waals surface area contributed by atoms with Gasteiger partial charge in [0.25, 0.3) is 0 Å². The van der Waals surface area contributed by atoms with E-state index in [4.69, 9.17) is 0 Å². The quantitative estimate of drug-likeness (QED) is 0.438. The van der Waals surface area contributed by atoms with Crippen LogP contribution in [0.25, 0.3) is 0 Å². The first-order valence-electron chi connectivity index (χ1n) is 2.77. The van der Waals surface area contributed by atoms with Crippen LogP contribution in [0.4, 0.5) is 0 Å². The minimum atomic E-state index is 0.824. The Hall–Kier alpha value is -0.330. The second-order valence-electron chi connectivity index (χ2n) is 2.28. The molecule has 0 amide bonds. The molecule has 0 aromatic heterocycles. The molecule has 1 rings (SSSR count). The van der Waals surface area contributed by atoms with Crippen molar-refractivity contribution in [3.63, 3.8) is 0 Å². The molecule has 0 bridgehead atoms. The van der Waals surface area contributed by atoms with Crippen molar-refractivity contribution in [3.05, 3.63) is 0 Å². The zero-order chi connectivity index (χ0) is 5.28. The number of aliphatic imine (C=N–C) groups is 1. The van der Waals surface area contributed by atoms with Crippen LogP contribution in [0.1, 0.15) is 13.3 Å². The van der Waals surface area contributed by atoms with E-state index in [-0.39, 0.29) is 0 Å². The average molecular weight is 97.2 g/mol. The SMILES string of the molecule is CN=C[C@@H]1C[C@@H]1C. The van der Waals surface area contributed by atoms with Crippen LogP contribution in [0, 0.1) is 11.8 Å². The summed E-state index contributed by atoms with van der Waals surface area (Å²) in [5.74, 6) is 1.74. The van der Waals surface area contributed by atoms with Gasteiger partial charge in [0, 0.05) is 13.3 Å². The minimum Gasteiger partial charge on any atom is -0.301 e. The first-order valence-corrected chi connectivity index (χ1v) is 2.77. The van der Waals surface area contributed by atoms with E-state index >= 15 is 0 Å². The topological polar surface area (TPSA) is 12.4 Å². The van der Waals surface area contributed by atoms with Gasteiger partial charge in [-0.3, -0.25) is 0 Å². The molecule has 0 aromatic carbocycles. The third-order valence-corrected chi connectivity index (χ3v) is 1.51. The third kappa shape index (κ3) is 1.02. The molecule has 0 spiro atoms. The highest BCUT2D eigenvalue weighted by atomic mass is 14.7. The predicted molar refractivity (Wildman–Crippen MR) is 31.7 cm³/mol. The summed E-state index contributed by atoms with van der Waals surface area (Å²) in [6.07, 6.45) is 3.40. The van der Waals surface area contributed by atoms with Crippen LogP contribution < -0.4 is 0 Å². The van der Waals surface area contributed by atoms with Crippen LogP contribution in [0.5, 0.6) is 0 Å². The van der Waals surface area contributed by atoms with Crippen molar-refractivity contribution in [2.45, 2.75) is 13.3 Å². The number of hydrogen-bond donors (Lipinski definition) is 0. The Bertz CT molecular complexity index is 86.2. The molecule has 1 aliphatic carbocycles. The lowest BCUT2D eigenvalue weighted by molar-refractivity contribution is 0.933. The second kappa shape index (κ2) is 1.65. The smallest absolute Gasteiger partial charge is 0.0273 e. The summed E-state index contributed by atoms with van der Waals surface area (Å²) in [5.41, 5.74) is 0. The monoisotopic (exact) mass is 97.1 g/mol. The van der Waals surface area contributed by atoms with E-state index < -0.39 is 0 Å². The Balaban J connectivity index is 2.21. The second-order valence-corrected chi connectivity index (χ2v) is 2.28. The van der Waals surface area contributed by atoms with Crippen LogP contribution in [0.15, 0.2) is 4.99 Å². The van der Waals surface area contributed by atoms with Gasteiger partial charge < -0.3 is 4.99 Å². The molecular weight excluding hydrogens is 86.1 g/mol. The van der Waals surface area contributed by atoms with Crippen LogP contribution >= 0.6 is 0 Å². The van der Waals surface area contributed by atoms with E-state index in [0.29, 0.717) is 0 Å². The average Bonchev–Trinajstić information content (AvgIpc) is 2.22. The first kappa shape index (κ1) is 4.82. The van der Waals surface area contributed by atoms with Gasteiger partial charge in [0.1, 0.15) is 0 Å². The molecule has 0 aromatic rings. The van der Waals surface area contributed by atoms with Crippen molar-refractivity contribution in [1.29, 1.82) is 0 Å². The lowest BCUT2D eigenvalue weighted by atomic mass is 10.4. The Labute approximate surface area is 44.5 Å². The lowest BCUT2D eigenvalue weighted by Gasteiger charge is -1.75. The van der Waals surface area contributed by atoms with Gasteiger partial charge in [0.15, 0.2) is 0 Å². The van der Waals surface area contributed by atoms with E-state index in [2.05, 4.69) is 11.9 Å². The summed E-state index contributed by atoms with van der Waals surface area (Å²) in [7, 11) is 1.84. The lowest BCUT2D eigenvalue weighted by Crippen LogP contribution is -1.76. The maximum atomic E-state index is 3.92. The number of rotatable bonds is 1. The van der Waals surface area contributed by atoms with Crippen molar-refractivity contribution >= 4 is 6.21 Å². The zero-order valence-electron chi connectivity index (χ0n) is 4.89. The minimum absolute atomic E-state index is 0.824. The number of hydrogen-bond acceptors (Lipinski definition) is 1. The van der Waals surface area contributed by atoms with E-state index in [9.17, 15) is 0 Å². The third-order valence-electron chi connectivity index (χ3n) is 1.51. The fraction of sp³-hybridized carbons (Fsp3) is 0.833. The largest absolute Gasteiger partial charge is 0.301 e. The molecule has 2 atom stereocenters. The van der Waals surface area contributed by atoms with Gasteiger partial charge in [-0.15, -0.1) is 0 Å². The maximum Gasteiger partial charge on any atom is 0.0273 e. The molecule has 1 saturated carbocycles.